The van der Waals surface area contributed by atoms with Crippen LogP contribution in [-0.2, 0) is 9.47 Å². The lowest BCUT2D eigenvalue weighted by Gasteiger charge is -2.37. The molecule has 2 aliphatic heterocycles. The molecule has 2 aliphatic rings. The summed E-state index contributed by atoms with van der Waals surface area (Å²) in [7, 11) is 0. The molecule has 4 heterocycles. The van der Waals surface area contributed by atoms with E-state index >= 15 is 0 Å². The maximum absolute atomic E-state index is 5.60. The highest BCUT2D eigenvalue weighted by Crippen LogP contribution is 2.28. The SMILES string of the molecule is C[C@@H]1COCCN1c1cc(N2CCOC[C@H]2C)n2ncc(I)c2n1. The Labute approximate surface area is 155 Å². The van der Waals surface area contributed by atoms with E-state index in [1.165, 1.54) is 0 Å². The summed E-state index contributed by atoms with van der Waals surface area (Å²) >= 11 is 2.31. The first-order valence-electron chi connectivity index (χ1n) is 8.38. The summed E-state index contributed by atoms with van der Waals surface area (Å²) in [6, 6.07) is 2.81. The van der Waals surface area contributed by atoms with Crippen molar-refractivity contribution in [3.05, 3.63) is 15.8 Å². The van der Waals surface area contributed by atoms with Gasteiger partial charge < -0.3 is 19.3 Å². The van der Waals surface area contributed by atoms with Crippen LogP contribution in [0.25, 0.3) is 5.65 Å². The summed E-state index contributed by atoms with van der Waals surface area (Å²) in [6.07, 6.45) is 1.88. The number of nitrogens with zero attached hydrogens (tertiary/aromatic N) is 5. The fourth-order valence-corrected chi connectivity index (χ4v) is 3.87. The van der Waals surface area contributed by atoms with Crippen LogP contribution in [0.3, 0.4) is 0 Å². The van der Waals surface area contributed by atoms with Crippen molar-refractivity contribution in [2.75, 3.05) is 49.3 Å². The van der Waals surface area contributed by atoms with E-state index in [1.807, 2.05) is 10.7 Å². The average molecular weight is 443 g/mol. The largest absolute Gasteiger partial charge is 0.377 e. The zero-order chi connectivity index (χ0) is 16.7. The number of fused-ring (bicyclic) bond motifs is 1. The highest BCUT2D eigenvalue weighted by molar-refractivity contribution is 14.1. The molecule has 0 amide bonds. The molecule has 0 N–H and O–H groups in total. The first-order valence-corrected chi connectivity index (χ1v) is 9.46. The Morgan fingerprint density at radius 2 is 1.75 bits per heavy atom. The van der Waals surface area contributed by atoms with Gasteiger partial charge in [0.05, 0.1) is 48.3 Å². The molecule has 7 nitrogen and oxygen atoms in total. The van der Waals surface area contributed by atoms with Crippen LogP contribution in [0.2, 0.25) is 0 Å². The average Bonchev–Trinajstić information content (AvgIpc) is 2.96. The summed E-state index contributed by atoms with van der Waals surface area (Å²) in [4.78, 5) is 9.60. The van der Waals surface area contributed by atoms with Crippen molar-refractivity contribution >= 4 is 39.9 Å². The molecule has 130 valence electrons. The molecule has 2 fully saturated rings. The zero-order valence-electron chi connectivity index (χ0n) is 14.0. The van der Waals surface area contributed by atoms with Gasteiger partial charge in [0.2, 0.25) is 0 Å². The quantitative estimate of drug-likeness (QED) is 0.660. The number of hydrogen-bond acceptors (Lipinski definition) is 6. The van der Waals surface area contributed by atoms with E-state index in [4.69, 9.17) is 14.5 Å². The fraction of sp³-hybridized carbons (Fsp3) is 0.625. The van der Waals surface area contributed by atoms with E-state index in [0.717, 1.165) is 60.4 Å². The summed E-state index contributed by atoms with van der Waals surface area (Å²) in [6.45, 7) is 9.09. The number of ether oxygens (including phenoxy) is 2. The lowest BCUT2D eigenvalue weighted by molar-refractivity contribution is 0.0977. The Morgan fingerprint density at radius 1 is 1.08 bits per heavy atom. The van der Waals surface area contributed by atoms with Gasteiger partial charge in [-0.2, -0.15) is 9.61 Å². The molecule has 0 aliphatic carbocycles. The summed E-state index contributed by atoms with van der Waals surface area (Å²) < 4.78 is 14.2. The van der Waals surface area contributed by atoms with Gasteiger partial charge in [0, 0.05) is 19.2 Å². The van der Waals surface area contributed by atoms with Crippen molar-refractivity contribution in [2.45, 2.75) is 25.9 Å². The van der Waals surface area contributed by atoms with E-state index in [0.29, 0.717) is 12.1 Å². The molecule has 2 saturated heterocycles. The topological polar surface area (TPSA) is 55.1 Å². The van der Waals surface area contributed by atoms with E-state index in [2.05, 4.69) is 57.4 Å². The van der Waals surface area contributed by atoms with Gasteiger partial charge in [-0.05, 0) is 36.4 Å². The van der Waals surface area contributed by atoms with Crippen molar-refractivity contribution in [1.29, 1.82) is 0 Å². The molecule has 0 unspecified atom stereocenters. The van der Waals surface area contributed by atoms with E-state index in [-0.39, 0.29) is 0 Å². The molecular formula is C16H22IN5O2. The van der Waals surface area contributed by atoms with Gasteiger partial charge in [-0.3, -0.25) is 0 Å². The third-order valence-electron chi connectivity index (χ3n) is 4.72. The van der Waals surface area contributed by atoms with Crippen molar-refractivity contribution in [1.82, 2.24) is 14.6 Å². The predicted molar refractivity (Wildman–Crippen MR) is 101 cm³/mol. The van der Waals surface area contributed by atoms with E-state index < -0.39 is 0 Å². The molecule has 4 rings (SSSR count). The second-order valence-corrected chi connectivity index (χ2v) is 7.60. The maximum atomic E-state index is 5.60. The number of halogens is 1. The minimum Gasteiger partial charge on any atom is -0.377 e. The molecule has 0 spiro atoms. The summed E-state index contributed by atoms with van der Waals surface area (Å²) in [5, 5.41) is 4.55. The third kappa shape index (κ3) is 2.84. The third-order valence-corrected chi connectivity index (χ3v) is 5.48. The zero-order valence-corrected chi connectivity index (χ0v) is 16.1. The number of hydrogen-bond donors (Lipinski definition) is 0. The Morgan fingerprint density at radius 3 is 2.42 bits per heavy atom. The molecular weight excluding hydrogens is 421 g/mol. The highest BCUT2D eigenvalue weighted by atomic mass is 127. The molecule has 0 bridgehead atoms. The second kappa shape index (κ2) is 6.64. The van der Waals surface area contributed by atoms with Crippen LogP contribution in [-0.4, -0.2) is 66.2 Å². The van der Waals surface area contributed by atoms with Crippen LogP contribution in [0.1, 0.15) is 13.8 Å². The summed E-state index contributed by atoms with van der Waals surface area (Å²) in [5.41, 5.74) is 0.917. The van der Waals surface area contributed by atoms with Gasteiger partial charge in [0.1, 0.15) is 11.6 Å². The normalized spacial score (nSPS) is 25.5. The lowest BCUT2D eigenvalue weighted by atomic mass is 10.2. The van der Waals surface area contributed by atoms with Crippen LogP contribution in [0.4, 0.5) is 11.6 Å². The molecule has 2 atom stereocenters. The smallest absolute Gasteiger partial charge is 0.173 e. The fourth-order valence-electron chi connectivity index (χ4n) is 3.39. The Bertz CT molecular complexity index is 737. The number of rotatable bonds is 2. The molecule has 2 aromatic heterocycles. The maximum Gasteiger partial charge on any atom is 0.173 e. The van der Waals surface area contributed by atoms with Crippen LogP contribution in [0.15, 0.2) is 12.3 Å². The number of morpholine rings is 2. The second-order valence-electron chi connectivity index (χ2n) is 6.44. The van der Waals surface area contributed by atoms with Gasteiger partial charge in [-0.25, -0.2) is 4.98 Å². The van der Waals surface area contributed by atoms with Crippen molar-refractivity contribution in [3.8, 4) is 0 Å². The Balaban J connectivity index is 1.82. The monoisotopic (exact) mass is 443 g/mol. The Kier molecular flexibility index (Phi) is 4.52. The molecule has 2 aromatic rings. The first-order chi connectivity index (χ1) is 11.6. The van der Waals surface area contributed by atoms with Gasteiger partial charge in [0.25, 0.3) is 0 Å². The molecule has 24 heavy (non-hydrogen) atoms. The van der Waals surface area contributed by atoms with E-state index in [9.17, 15) is 0 Å². The molecule has 0 saturated carbocycles. The Hall–Kier alpha value is -1.13. The van der Waals surface area contributed by atoms with Gasteiger partial charge in [-0.15, -0.1) is 0 Å². The van der Waals surface area contributed by atoms with Gasteiger partial charge >= 0.3 is 0 Å². The van der Waals surface area contributed by atoms with Gasteiger partial charge in [-0.1, -0.05) is 0 Å². The van der Waals surface area contributed by atoms with Crippen LogP contribution in [0.5, 0.6) is 0 Å². The van der Waals surface area contributed by atoms with E-state index in [1.54, 1.807) is 0 Å². The number of aromatic nitrogens is 3. The minimum absolute atomic E-state index is 0.321. The van der Waals surface area contributed by atoms with Crippen molar-refractivity contribution in [2.24, 2.45) is 0 Å². The standard InChI is InChI=1S/C16H22IN5O2/c1-11-9-23-5-3-20(11)14-7-15(21-4-6-24-10-12(21)2)22-16(19-14)13(17)8-18-22/h7-8,11-12H,3-6,9-10H2,1-2H3/t11-,12-/m1/s1. The number of anilines is 2. The van der Waals surface area contributed by atoms with Crippen molar-refractivity contribution < 1.29 is 9.47 Å². The molecule has 0 aromatic carbocycles. The predicted octanol–water partition coefficient (Wildman–Crippen LogP) is 1.78. The summed E-state index contributed by atoms with van der Waals surface area (Å²) in [5.74, 6) is 2.10. The van der Waals surface area contributed by atoms with Gasteiger partial charge in [0.15, 0.2) is 5.65 Å². The minimum atomic E-state index is 0.321. The van der Waals surface area contributed by atoms with Crippen LogP contribution in [0, 0.1) is 3.57 Å². The van der Waals surface area contributed by atoms with Crippen molar-refractivity contribution in [3.63, 3.8) is 0 Å². The van der Waals surface area contributed by atoms with Crippen LogP contribution >= 0.6 is 22.6 Å². The lowest BCUT2D eigenvalue weighted by Crippen LogP contribution is -2.46. The molecule has 8 heteroatoms. The molecule has 0 radical (unpaired) electrons. The highest BCUT2D eigenvalue weighted by Gasteiger charge is 2.26. The first kappa shape index (κ1) is 16.3. The van der Waals surface area contributed by atoms with Crippen LogP contribution < -0.4 is 9.80 Å².